The van der Waals surface area contributed by atoms with Crippen molar-refractivity contribution in [3.05, 3.63) is 54.1 Å². The molecule has 0 aliphatic carbocycles. The Bertz CT molecular complexity index is 1030. The molecule has 2 aromatic rings. The molecule has 1 aliphatic heterocycles. The van der Waals surface area contributed by atoms with Crippen molar-refractivity contribution in [3.63, 3.8) is 0 Å². The molecule has 3 rings (SSSR count). The van der Waals surface area contributed by atoms with Crippen LogP contribution in [-0.4, -0.2) is 60.7 Å². The third-order valence-electron chi connectivity index (χ3n) is 4.93. The molecule has 0 amide bonds. The van der Waals surface area contributed by atoms with Gasteiger partial charge in [-0.3, -0.25) is 4.90 Å². The van der Waals surface area contributed by atoms with Gasteiger partial charge >= 0.3 is 0 Å². The molecule has 0 unspecified atom stereocenters. The van der Waals surface area contributed by atoms with Crippen molar-refractivity contribution in [1.82, 2.24) is 4.90 Å². The molecule has 1 fully saturated rings. The van der Waals surface area contributed by atoms with Gasteiger partial charge in [-0.25, -0.2) is 22.0 Å². The van der Waals surface area contributed by atoms with Gasteiger partial charge in [-0.05, 0) is 30.2 Å². The van der Waals surface area contributed by atoms with E-state index in [4.69, 9.17) is 5.14 Å². The largest absolute Gasteiger partial charge is 0.368 e. The third kappa shape index (κ3) is 5.11. The van der Waals surface area contributed by atoms with Crippen LogP contribution in [0.3, 0.4) is 0 Å². The molecule has 0 aromatic heterocycles. The second-order valence-electron chi connectivity index (χ2n) is 7.01. The third-order valence-corrected chi connectivity index (χ3v) is 6.97. The monoisotopic (exact) mass is 423 g/mol. The average molecular weight is 424 g/mol. The maximum Gasteiger partial charge on any atom is 0.238 e. The van der Waals surface area contributed by atoms with Crippen LogP contribution in [0.15, 0.2) is 58.3 Å². The van der Waals surface area contributed by atoms with Gasteiger partial charge in [0.15, 0.2) is 9.84 Å². The smallest absolute Gasteiger partial charge is 0.238 e. The standard InChI is InChI=1S/C19H25N3O4S2/c1-27(23,24)19-15-17(28(20,25)26)7-8-18(19)22-13-11-21(12-14-22)10-9-16-5-3-2-4-6-16/h2-8,15H,9-14H2,1H3,(H2,20,25,26). The lowest BCUT2D eigenvalue weighted by Gasteiger charge is -2.36. The van der Waals surface area contributed by atoms with Crippen LogP contribution in [0, 0.1) is 0 Å². The van der Waals surface area contributed by atoms with Gasteiger partial charge in [0.1, 0.15) is 0 Å². The molecule has 0 radical (unpaired) electrons. The van der Waals surface area contributed by atoms with E-state index in [0.717, 1.165) is 38.4 Å². The molecule has 7 nitrogen and oxygen atoms in total. The summed E-state index contributed by atoms with van der Waals surface area (Å²) >= 11 is 0. The lowest BCUT2D eigenvalue weighted by molar-refractivity contribution is 0.260. The maximum atomic E-state index is 12.2. The van der Waals surface area contributed by atoms with E-state index in [0.29, 0.717) is 18.8 Å². The lowest BCUT2D eigenvalue weighted by Crippen LogP contribution is -2.47. The summed E-state index contributed by atoms with van der Waals surface area (Å²) in [5, 5.41) is 5.15. The minimum absolute atomic E-state index is 0.00300. The summed E-state index contributed by atoms with van der Waals surface area (Å²) in [5.41, 5.74) is 1.82. The van der Waals surface area contributed by atoms with Gasteiger partial charge in [0.2, 0.25) is 10.0 Å². The van der Waals surface area contributed by atoms with Crippen molar-refractivity contribution in [2.45, 2.75) is 16.2 Å². The highest BCUT2D eigenvalue weighted by Gasteiger charge is 2.24. The van der Waals surface area contributed by atoms with Gasteiger partial charge < -0.3 is 4.90 Å². The Labute approximate surface area is 166 Å². The van der Waals surface area contributed by atoms with E-state index >= 15 is 0 Å². The zero-order chi connectivity index (χ0) is 20.4. The summed E-state index contributed by atoms with van der Waals surface area (Å²) in [7, 11) is -7.57. The first kappa shape index (κ1) is 20.8. The number of sulfonamides is 1. The first-order valence-corrected chi connectivity index (χ1v) is 12.5. The van der Waals surface area contributed by atoms with E-state index in [1.165, 1.54) is 17.7 Å². The molecule has 152 valence electrons. The lowest BCUT2D eigenvalue weighted by atomic mass is 10.1. The summed E-state index contributed by atoms with van der Waals surface area (Å²) in [6.45, 7) is 3.92. The second kappa shape index (κ2) is 8.20. The molecule has 9 heteroatoms. The van der Waals surface area contributed by atoms with E-state index < -0.39 is 19.9 Å². The summed E-state index contributed by atoms with van der Waals surface area (Å²) < 4.78 is 47.6. The van der Waals surface area contributed by atoms with Crippen LogP contribution in [0.5, 0.6) is 0 Å². The maximum absolute atomic E-state index is 12.2. The topological polar surface area (TPSA) is 101 Å². The predicted molar refractivity (Wildman–Crippen MR) is 110 cm³/mol. The van der Waals surface area contributed by atoms with Gasteiger partial charge in [0.05, 0.1) is 15.5 Å². The molecule has 0 bridgehead atoms. The molecular formula is C19H25N3O4S2. The quantitative estimate of drug-likeness (QED) is 0.747. The van der Waals surface area contributed by atoms with Crippen LogP contribution in [0.4, 0.5) is 5.69 Å². The van der Waals surface area contributed by atoms with Gasteiger partial charge in [-0.2, -0.15) is 0 Å². The summed E-state index contributed by atoms with van der Waals surface area (Å²) in [6.07, 6.45) is 2.05. The molecule has 0 saturated carbocycles. The molecule has 1 aliphatic rings. The van der Waals surface area contributed by atoms with Crippen molar-refractivity contribution in [1.29, 1.82) is 0 Å². The SMILES string of the molecule is CS(=O)(=O)c1cc(S(N)(=O)=O)ccc1N1CCN(CCc2ccccc2)CC1. The number of primary sulfonamides is 1. The Morgan fingerprint density at radius 1 is 0.929 bits per heavy atom. The van der Waals surface area contributed by atoms with E-state index in [1.54, 1.807) is 0 Å². The average Bonchev–Trinajstić information content (AvgIpc) is 2.66. The van der Waals surface area contributed by atoms with Crippen LogP contribution >= 0.6 is 0 Å². The molecule has 2 aromatic carbocycles. The Kier molecular flexibility index (Phi) is 6.09. The number of hydrogen-bond acceptors (Lipinski definition) is 6. The number of hydrogen-bond donors (Lipinski definition) is 1. The predicted octanol–water partition coefficient (Wildman–Crippen LogP) is 1.10. The minimum atomic E-state index is -3.97. The number of benzene rings is 2. The Balaban J connectivity index is 1.71. The summed E-state index contributed by atoms with van der Waals surface area (Å²) in [6, 6.07) is 14.3. The molecular weight excluding hydrogens is 398 g/mol. The van der Waals surface area contributed by atoms with Gasteiger partial charge in [-0.15, -0.1) is 0 Å². The number of anilines is 1. The molecule has 1 heterocycles. The van der Waals surface area contributed by atoms with Crippen molar-refractivity contribution in [2.75, 3.05) is 43.9 Å². The van der Waals surface area contributed by atoms with Crippen LogP contribution in [-0.2, 0) is 26.3 Å². The second-order valence-corrected chi connectivity index (χ2v) is 10.6. The van der Waals surface area contributed by atoms with Crippen molar-refractivity contribution in [2.24, 2.45) is 5.14 Å². The summed E-state index contributed by atoms with van der Waals surface area (Å²) in [4.78, 5) is 4.14. The number of nitrogens with two attached hydrogens (primary N) is 1. The molecule has 1 saturated heterocycles. The Morgan fingerprint density at radius 3 is 2.14 bits per heavy atom. The van der Waals surface area contributed by atoms with Crippen molar-refractivity contribution >= 4 is 25.5 Å². The fraction of sp³-hybridized carbons (Fsp3) is 0.368. The van der Waals surface area contributed by atoms with Crippen LogP contribution in [0.1, 0.15) is 5.56 Å². The highest BCUT2D eigenvalue weighted by atomic mass is 32.2. The van der Waals surface area contributed by atoms with Crippen LogP contribution < -0.4 is 10.0 Å². The van der Waals surface area contributed by atoms with E-state index in [1.807, 2.05) is 23.1 Å². The Hall–Kier alpha value is -1.94. The van der Waals surface area contributed by atoms with Crippen molar-refractivity contribution in [3.8, 4) is 0 Å². The normalized spacial score (nSPS) is 16.3. The first-order valence-electron chi connectivity index (χ1n) is 9.03. The first-order chi connectivity index (χ1) is 13.1. The molecule has 0 atom stereocenters. The fourth-order valence-electron chi connectivity index (χ4n) is 3.37. The fourth-order valence-corrected chi connectivity index (χ4v) is 4.91. The van der Waals surface area contributed by atoms with Crippen LogP contribution in [0.2, 0.25) is 0 Å². The number of piperazine rings is 1. The number of rotatable bonds is 6. The van der Waals surface area contributed by atoms with E-state index in [2.05, 4.69) is 17.0 Å². The molecule has 0 spiro atoms. The van der Waals surface area contributed by atoms with Crippen LogP contribution in [0.25, 0.3) is 0 Å². The zero-order valence-electron chi connectivity index (χ0n) is 15.8. The highest BCUT2D eigenvalue weighted by molar-refractivity contribution is 7.91. The van der Waals surface area contributed by atoms with E-state index in [9.17, 15) is 16.8 Å². The summed E-state index contributed by atoms with van der Waals surface area (Å²) in [5.74, 6) is 0. The molecule has 2 N–H and O–H groups in total. The number of sulfone groups is 1. The molecule has 28 heavy (non-hydrogen) atoms. The number of nitrogens with zero attached hydrogens (tertiary/aromatic N) is 2. The Morgan fingerprint density at radius 2 is 1.57 bits per heavy atom. The zero-order valence-corrected chi connectivity index (χ0v) is 17.4. The van der Waals surface area contributed by atoms with Gasteiger partial charge in [-0.1, -0.05) is 30.3 Å². The van der Waals surface area contributed by atoms with Gasteiger partial charge in [0.25, 0.3) is 0 Å². The van der Waals surface area contributed by atoms with Gasteiger partial charge in [0, 0.05) is 39.0 Å². The highest BCUT2D eigenvalue weighted by Crippen LogP contribution is 2.28. The van der Waals surface area contributed by atoms with E-state index in [-0.39, 0.29) is 9.79 Å². The minimum Gasteiger partial charge on any atom is -0.368 e. The van der Waals surface area contributed by atoms with Crippen molar-refractivity contribution < 1.29 is 16.8 Å².